The molecule has 152 valence electrons. The van der Waals surface area contributed by atoms with Crippen LogP contribution in [0.2, 0.25) is 0 Å². The van der Waals surface area contributed by atoms with Gasteiger partial charge in [-0.3, -0.25) is 9.36 Å². The van der Waals surface area contributed by atoms with E-state index in [1.807, 2.05) is 10.8 Å². The highest BCUT2D eigenvalue weighted by molar-refractivity contribution is 7.99. The minimum atomic E-state index is -0.515. The molecule has 0 radical (unpaired) electrons. The van der Waals surface area contributed by atoms with Crippen LogP contribution in [0.15, 0.2) is 40.3 Å². The molecule has 1 aromatic carbocycles. The number of imidazole rings is 1. The number of aryl methyl sites for hydroxylation is 3. The molecule has 3 aromatic rings. The van der Waals surface area contributed by atoms with Crippen molar-refractivity contribution in [1.82, 2.24) is 25.0 Å². The van der Waals surface area contributed by atoms with Crippen molar-refractivity contribution in [3.63, 3.8) is 0 Å². The third-order valence-corrected chi connectivity index (χ3v) is 6.47. The molecule has 7 nitrogen and oxygen atoms in total. The molecule has 29 heavy (non-hydrogen) atoms. The molecular formula is C21H25N5O2S. The third-order valence-electron chi connectivity index (χ3n) is 5.50. The summed E-state index contributed by atoms with van der Waals surface area (Å²) in [5.74, 6) is 1.34. The van der Waals surface area contributed by atoms with E-state index in [1.54, 1.807) is 13.1 Å². The predicted octanol–water partition coefficient (Wildman–Crippen LogP) is 3.86. The maximum atomic E-state index is 12.8. The van der Waals surface area contributed by atoms with Crippen LogP contribution in [-0.2, 0) is 10.3 Å². The number of nitrogens with one attached hydrogen (secondary N) is 1. The van der Waals surface area contributed by atoms with Gasteiger partial charge in [0.1, 0.15) is 5.54 Å². The lowest BCUT2D eigenvalue weighted by Crippen LogP contribution is -2.45. The third kappa shape index (κ3) is 4.07. The summed E-state index contributed by atoms with van der Waals surface area (Å²) in [5.41, 5.74) is 3.01. The summed E-state index contributed by atoms with van der Waals surface area (Å²) in [6.45, 7) is 5.96. The molecule has 8 heteroatoms. The fraction of sp³-hybridized carbons (Fsp3) is 0.429. The Balaban J connectivity index is 1.45. The van der Waals surface area contributed by atoms with Gasteiger partial charge in [0.05, 0.1) is 5.75 Å². The van der Waals surface area contributed by atoms with E-state index in [9.17, 15) is 4.79 Å². The van der Waals surface area contributed by atoms with Crippen molar-refractivity contribution in [2.24, 2.45) is 0 Å². The zero-order valence-corrected chi connectivity index (χ0v) is 17.8. The van der Waals surface area contributed by atoms with Gasteiger partial charge < -0.3 is 9.84 Å². The van der Waals surface area contributed by atoms with E-state index >= 15 is 0 Å². The number of carbonyl (C=O) groups excluding carboxylic acids is 1. The minimum absolute atomic E-state index is 0.0472. The molecule has 4 rings (SSSR count). The molecule has 0 unspecified atom stereocenters. The average Bonchev–Trinajstić information content (AvgIpc) is 3.43. The number of rotatable bonds is 6. The average molecular weight is 412 g/mol. The Morgan fingerprint density at radius 3 is 2.72 bits per heavy atom. The molecule has 1 fully saturated rings. The van der Waals surface area contributed by atoms with Gasteiger partial charge in [0.2, 0.25) is 11.8 Å². The summed E-state index contributed by atoms with van der Waals surface area (Å²) in [4.78, 5) is 21.6. The number of benzene rings is 1. The van der Waals surface area contributed by atoms with Crippen molar-refractivity contribution in [3.05, 3.63) is 53.4 Å². The van der Waals surface area contributed by atoms with Gasteiger partial charge in [-0.05, 0) is 49.9 Å². The molecule has 0 aliphatic heterocycles. The molecule has 1 saturated carbocycles. The van der Waals surface area contributed by atoms with Crippen molar-refractivity contribution in [2.45, 2.75) is 57.1 Å². The van der Waals surface area contributed by atoms with E-state index in [0.717, 1.165) is 36.5 Å². The molecule has 2 aromatic heterocycles. The van der Waals surface area contributed by atoms with E-state index in [1.165, 1.54) is 22.9 Å². The van der Waals surface area contributed by atoms with Crippen LogP contribution in [0.5, 0.6) is 0 Å². The highest BCUT2D eigenvalue weighted by Crippen LogP contribution is 2.37. The van der Waals surface area contributed by atoms with Crippen LogP contribution in [0, 0.1) is 20.8 Å². The van der Waals surface area contributed by atoms with Crippen molar-refractivity contribution in [3.8, 4) is 5.69 Å². The van der Waals surface area contributed by atoms with Crippen molar-refractivity contribution in [2.75, 3.05) is 5.75 Å². The van der Waals surface area contributed by atoms with Gasteiger partial charge in [0, 0.05) is 25.0 Å². The number of aromatic nitrogens is 4. The topological polar surface area (TPSA) is 85.8 Å². The molecule has 1 amide bonds. The Bertz CT molecular complexity index is 1020. The van der Waals surface area contributed by atoms with E-state index < -0.39 is 5.54 Å². The van der Waals surface area contributed by atoms with E-state index in [-0.39, 0.29) is 11.7 Å². The first-order valence-electron chi connectivity index (χ1n) is 9.82. The van der Waals surface area contributed by atoms with Crippen molar-refractivity contribution in [1.29, 1.82) is 0 Å². The van der Waals surface area contributed by atoms with Gasteiger partial charge in [-0.1, -0.05) is 35.8 Å². The van der Waals surface area contributed by atoms with Gasteiger partial charge >= 0.3 is 0 Å². The Labute approximate surface area is 174 Å². The zero-order chi connectivity index (χ0) is 20.4. The van der Waals surface area contributed by atoms with Gasteiger partial charge in [0.25, 0.3) is 0 Å². The summed E-state index contributed by atoms with van der Waals surface area (Å²) < 4.78 is 7.17. The van der Waals surface area contributed by atoms with Crippen LogP contribution in [0.3, 0.4) is 0 Å². The van der Waals surface area contributed by atoms with Crippen LogP contribution in [0.1, 0.15) is 48.5 Å². The number of hydrogen-bond donors (Lipinski definition) is 1. The SMILES string of the molecule is Cc1nc(C2(NC(=O)CSc3nccn3-c3ccc(C)c(C)c3)CCCC2)no1. The normalized spacial score (nSPS) is 15.6. The lowest BCUT2D eigenvalue weighted by molar-refractivity contribution is -0.120. The van der Waals surface area contributed by atoms with E-state index in [2.05, 4.69) is 52.5 Å². The minimum Gasteiger partial charge on any atom is -0.342 e. The molecular weight excluding hydrogens is 386 g/mol. The molecule has 1 aliphatic carbocycles. The largest absolute Gasteiger partial charge is 0.342 e. The second kappa shape index (κ2) is 8.02. The van der Waals surface area contributed by atoms with Crippen LogP contribution in [0.4, 0.5) is 0 Å². The fourth-order valence-electron chi connectivity index (χ4n) is 3.78. The summed E-state index contributed by atoms with van der Waals surface area (Å²) in [6.07, 6.45) is 7.43. The summed E-state index contributed by atoms with van der Waals surface area (Å²) in [6, 6.07) is 6.30. The van der Waals surface area contributed by atoms with Crippen LogP contribution in [-0.4, -0.2) is 31.4 Å². The van der Waals surface area contributed by atoms with Gasteiger partial charge in [0.15, 0.2) is 11.0 Å². The summed E-state index contributed by atoms with van der Waals surface area (Å²) in [7, 11) is 0. The first-order valence-corrected chi connectivity index (χ1v) is 10.8. The van der Waals surface area contributed by atoms with Crippen molar-refractivity contribution >= 4 is 17.7 Å². The first-order chi connectivity index (χ1) is 14.0. The van der Waals surface area contributed by atoms with Crippen LogP contribution in [0.25, 0.3) is 5.69 Å². The maximum absolute atomic E-state index is 12.8. The summed E-state index contributed by atoms with van der Waals surface area (Å²) in [5, 5.41) is 8.05. The van der Waals surface area contributed by atoms with Gasteiger partial charge in [-0.2, -0.15) is 4.98 Å². The summed E-state index contributed by atoms with van der Waals surface area (Å²) >= 11 is 1.42. The Morgan fingerprint density at radius 2 is 2.03 bits per heavy atom. The van der Waals surface area contributed by atoms with Crippen molar-refractivity contribution < 1.29 is 9.32 Å². The Morgan fingerprint density at radius 1 is 1.24 bits per heavy atom. The van der Waals surface area contributed by atoms with E-state index in [0.29, 0.717) is 11.7 Å². The number of hydrogen-bond acceptors (Lipinski definition) is 6. The fourth-order valence-corrected chi connectivity index (χ4v) is 4.55. The molecule has 2 heterocycles. The molecule has 1 N–H and O–H groups in total. The lowest BCUT2D eigenvalue weighted by atomic mass is 9.96. The number of nitrogens with zero attached hydrogens (tertiary/aromatic N) is 4. The van der Waals surface area contributed by atoms with Gasteiger partial charge in [-0.15, -0.1) is 0 Å². The number of amides is 1. The predicted molar refractivity (Wildman–Crippen MR) is 111 cm³/mol. The second-order valence-electron chi connectivity index (χ2n) is 7.61. The molecule has 0 bridgehead atoms. The monoisotopic (exact) mass is 411 g/mol. The first kappa shape index (κ1) is 19.7. The molecule has 0 saturated heterocycles. The van der Waals surface area contributed by atoms with Crippen LogP contribution >= 0.6 is 11.8 Å². The highest BCUT2D eigenvalue weighted by Gasteiger charge is 2.41. The molecule has 0 atom stereocenters. The number of carbonyl (C=O) groups is 1. The Hall–Kier alpha value is -2.61. The standard InChI is InChI=1S/C21H25N5O2S/c1-14-6-7-17(12-15(14)2)26-11-10-22-20(26)29-13-18(27)24-21(8-4-5-9-21)19-23-16(3)28-25-19/h6-7,10-12H,4-5,8-9,13H2,1-3H3,(H,24,27). The maximum Gasteiger partial charge on any atom is 0.231 e. The number of thioether (sulfide) groups is 1. The quantitative estimate of drug-likeness (QED) is 0.620. The molecule has 0 spiro atoms. The van der Waals surface area contributed by atoms with Crippen LogP contribution < -0.4 is 5.32 Å². The highest BCUT2D eigenvalue weighted by atomic mass is 32.2. The van der Waals surface area contributed by atoms with Gasteiger partial charge in [-0.25, -0.2) is 4.98 Å². The second-order valence-corrected chi connectivity index (χ2v) is 8.55. The smallest absolute Gasteiger partial charge is 0.231 e. The zero-order valence-electron chi connectivity index (χ0n) is 16.9. The Kier molecular flexibility index (Phi) is 5.45. The van der Waals surface area contributed by atoms with E-state index in [4.69, 9.17) is 4.52 Å². The lowest BCUT2D eigenvalue weighted by Gasteiger charge is -2.26. The molecule has 1 aliphatic rings.